The van der Waals surface area contributed by atoms with Crippen LogP contribution in [0.25, 0.3) is 0 Å². The van der Waals surface area contributed by atoms with Crippen LogP contribution in [0.4, 0.5) is 0 Å². The van der Waals surface area contributed by atoms with Gasteiger partial charge in [-0.05, 0) is 59.4 Å². The smallest absolute Gasteiger partial charge is 0.220 e. The molecule has 27 heavy (non-hydrogen) atoms. The van der Waals surface area contributed by atoms with Crippen molar-refractivity contribution in [2.24, 2.45) is 10.8 Å². The van der Waals surface area contributed by atoms with E-state index in [0.29, 0.717) is 11.8 Å². The van der Waals surface area contributed by atoms with Crippen molar-refractivity contribution in [1.29, 1.82) is 0 Å². The molecule has 1 aromatic heterocycles. The molecule has 0 saturated heterocycles. The molecule has 1 heterocycles. The Balaban J connectivity index is 2.14. The Morgan fingerprint density at radius 1 is 1.11 bits per heavy atom. The second-order valence-electron chi connectivity index (χ2n) is 8.49. The predicted octanol–water partition coefficient (Wildman–Crippen LogP) is 5.59. The summed E-state index contributed by atoms with van der Waals surface area (Å²) in [6, 6.07) is 5.86. The Labute approximate surface area is 173 Å². The van der Waals surface area contributed by atoms with Crippen LogP contribution in [0.5, 0.6) is 0 Å². The molecule has 0 saturated carbocycles. The first-order valence-corrected chi connectivity index (χ1v) is 12.0. The summed E-state index contributed by atoms with van der Waals surface area (Å²) in [5, 5.41) is 4.06. The van der Waals surface area contributed by atoms with Crippen molar-refractivity contribution < 1.29 is 9.53 Å². The molecule has 6 heteroatoms. The molecule has 154 valence electrons. The van der Waals surface area contributed by atoms with Gasteiger partial charge in [0.05, 0.1) is 0 Å². The molecule has 0 fully saturated rings. The van der Waals surface area contributed by atoms with E-state index in [0.717, 1.165) is 43.2 Å². The number of ether oxygens (including phenoxy) is 1. The zero-order valence-electron chi connectivity index (χ0n) is 17.5. The molecule has 0 aliphatic rings. The highest BCUT2D eigenvalue weighted by Gasteiger charge is 2.24. The summed E-state index contributed by atoms with van der Waals surface area (Å²) in [5.74, 6) is 0.935. The highest BCUT2D eigenvalue weighted by Crippen LogP contribution is 2.35. The van der Waals surface area contributed by atoms with Crippen LogP contribution in [0.1, 0.15) is 59.8 Å². The molecule has 0 unspecified atom stereocenters. The van der Waals surface area contributed by atoms with Crippen LogP contribution in [-0.4, -0.2) is 36.9 Å². The Kier molecular flexibility index (Phi) is 11.4. The van der Waals surface area contributed by atoms with Gasteiger partial charge >= 0.3 is 0 Å². The number of rotatable bonds is 14. The molecule has 0 aliphatic carbocycles. The molecule has 0 radical (unpaired) electrons. The number of carbonyl (C=O) groups excluding carboxylic acids is 1. The molecule has 4 nitrogen and oxygen atoms in total. The van der Waals surface area contributed by atoms with Crippen molar-refractivity contribution in [1.82, 2.24) is 10.3 Å². The fourth-order valence-electron chi connectivity index (χ4n) is 2.57. The van der Waals surface area contributed by atoms with Gasteiger partial charge in [-0.3, -0.25) is 4.79 Å². The van der Waals surface area contributed by atoms with Crippen molar-refractivity contribution in [3.05, 3.63) is 24.4 Å². The van der Waals surface area contributed by atoms with E-state index in [4.69, 9.17) is 4.74 Å². The topological polar surface area (TPSA) is 51.2 Å². The number of carbonyl (C=O) groups is 1. The van der Waals surface area contributed by atoms with Gasteiger partial charge in [0.1, 0.15) is 5.03 Å². The lowest BCUT2D eigenvalue weighted by molar-refractivity contribution is -0.120. The first-order valence-electron chi connectivity index (χ1n) is 9.70. The second kappa shape index (κ2) is 12.7. The van der Waals surface area contributed by atoms with Gasteiger partial charge in [-0.25, -0.2) is 4.98 Å². The third-order valence-electron chi connectivity index (χ3n) is 4.78. The summed E-state index contributed by atoms with van der Waals surface area (Å²) in [4.78, 5) is 16.3. The average molecular weight is 413 g/mol. The maximum absolute atomic E-state index is 12.0. The van der Waals surface area contributed by atoms with Crippen molar-refractivity contribution in [3.63, 3.8) is 0 Å². The SMILES string of the molecule is COCCC(C)(C)CCC(C)(C)CCNC(=O)CCSSc1ccccn1. The van der Waals surface area contributed by atoms with Crippen LogP contribution in [0.15, 0.2) is 29.4 Å². The quantitative estimate of drug-likeness (QED) is 0.319. The van der Waals surface area contributed by atoms with Crippen LogP contribution >= 0.6 is 21.6 Å². The Morgan fingerprint density at radius 3 is 2.44 bits per heavy atom. The molecule has 0 aromatic carbocycles. The van der Waals surface area contributed by atoms with Gasteiger partial charge in [0.15, 0.2) is 0 Å². The number of nitrogens with one attached hydrogen (secondary N) is 1. The molecule has 1 rings (SSSR count). The second-order valence-corrected chi connectivity index (χ2v) is 10.9. The zero-order valence-corrected chi connectivity index (χ0v) is 19.2. The fraction of sp³-hybridized carbons (Fsp3) is 0.714. The van der Waals surface area contributed by atoms with Crippen LogP contribution in [0.2, 0.25) is 0 Å². The van der Waals surface area contributed by atoms with E-state index >= 15 is 0 Å². The third kappa shape index (κ3) is 12.4. The highest BCUT2D eigenvalue weighted by atomic mass is 33.1. The molecule has 1 N–H and O–H groups in total. The molecule has 1 amide bonds. The summed E-state index contributed by atoms with van der Waals surface area (Å²) >= 11 is 0. The maximum atomic E-state index is 12.0. The standard InChI is InChI=1S/C21H36N2O2S2/c1-20(2,10-11-21(3,4)13-16-25-5)12-15-22-18(24)9-17-26-27-19-8-6-7-14-23-19/h6-8,14H,9-13,15-17H2,1-5H3,(H,22,24). The summed E-state index contributed by atoms with van der Waals surface area (Å²) in [7, 11) is 5.06. The van der Waals surface area contributed by atoms with E-state index in [1.807, 2.05) is 18.2 Å². The van der Waals surface area contributed by atoms with E-state index in [1.165, 1.54) is 6.42 Å². The number of pyridine rings is 1. The van der Waals surface area contributed by atoms with Gasteiger partial charge in [-0.1, -0.05) is 44.6 Å². The number of nitrogens with zero attached hydrogens (tertiary/aromatic N) is 1. The average Bonchev–Trinajstić information content (AvgIpc) is 2.63. The van der Waals surface area contributed by atoms with E-state index in [1.54, 1.807) is 34.9 Å². The Morgan fingerprint density at radius 2 is 1.81 bits per heavy atom. The van der Waals surface area contributed by atoms with E-state index in [9.17, 15) is 4.79 Å². The summed E-state index contributed by atoms with van der Waals surface area (Å²) in [6.45, 7) is 10.8. The fourth-order valence-corrected chi connectivity index (χ4v) is 4.44. The Bertz CT molecular complexity index is 536. The third-order valence-corrected chi connectivity index (χ3v) is 7.05. The van der Waals surface area contributed by atoms with Crippen molar-refractivity contribution in [2.75, 3.05) is 26.0 Å². The van der Waals surface area contributed by atoms with E-state index < -0.39 is 0 Å². The van der Waals surface area contributed by atoms with E-state index in [2.05, 4.69) is 38.0 Å². The molecule has 1 aromatic rings. The largest absolute Gasteiger partial charge is 0.385 e. The van der Waals surface area contributed by atoms with Gasteiger partial charge in [-0.15, -0.1) is 0 Å². The van der Waals surface area contributed by atoms with Gasteiger partial charge < -0.3 is 10.1 Å². The number of methoxy groups -OCH3 is 1. The molecular formula is C21H36N2O2S2. The van der Waals surface area contributed by atoms with Crippen LogP contribution in [-0.2, 0) is 9.53 Å². The van der Waals surface area contributed by atoms with Crippen molar-refractivity contribution >= 4 is 27.5 Å². The number of hydrogen-bond acceptors (Lipinski definition) is 5. The normalized spacial score (nSPS) is 12.2. The lowest BCUT2D eigenvalue weighted by Gasteiger charge is -2.31. The van der Waals surface area contributed by atoms with Gasteiger partial charge in [0.25, 0.3) is 0 Å². The zero-order chi connectivity index (χ0) is 20.2. The van der Waals surface area contributed by atoms with Gasteiger partial charge in [0.2, 0.25) is 5.91 Å². The lowest BCUT2D eigenvalue weighted by Crippen LogP contribution is -2.29. The van der Waals surface area contributed by atoms with Crippen LogP contribution < -0.4 is 5.32 Å². The highest BCUT2D eigenvalue weighted by molar-refractivity contribution is 8.76. The molecule has 0 aliphatic heterocycles. The number of aromatic nitrogens is 1. The summed E-state index contributed by atoms with van der Waals surface area (Å²) < 4.78 is 5.21. The molecular weight excluding hydrogens is 376 g/mol. The molecule has 0 atom stereocenters. The van der Waals surface area contributed by atoms with Crippen LogP contribution in [0, 0.1) is 10.8 Å². The Hall–Kier alpha value is -0.720. The van der Waals surface area contributed by atoms with E-state index in [-0.39, 0.29) is 11.3 Å². The lowest BCUT2D eigenvalue weighted by atomic mass is 9.76. The number of hydrogen-bond donors (Lipinski definition) is 1. The van der Waals surface area contributed by atoms with Crippen molar-refractivity contribution in [2.45, 2.75) is 64.8 Å². The minimum Gasteiger partial charge on any atom is -0.385 e. The molecule has 0 spiro atoms. The van der Waals surface area contributed by atoms with Gasteiger partial charge in [0, 0.05) is 38.6 Å². The summed E-state index contributed by atoms with van der Waals surface area (Å²) in [6.07, 6.45) is 6.78. The maximum Gasteiger partial charge on any atom is 0.220 e. The first kappa shape index (κ1) is 24.3. The monoisotopic (exact) mass is 412 g/mol. The van der Waals surface area contributed by atoms with Gasteiger partial charge in [-0.2, -0.15) is 0 Å². The minimum atomic E-state index is 0.139. The van der Waals surface area contributed by atoms with Crippen molar-refractivity contribution in [3.8, 4) is 0 Å². The summed E-state index contributed by atoms with van der Waals surface area (Å²) in [5.41, 5.74) is 0.542. The minimum absolute atomic E-state index is 0.139. The first-order chi connectivity index (χ1) is 12.7. The van der Waals surface area contributed by atoms with Crippen LogP contribution in [0.3, 0.4) is 0 Å². The molecule has 0 bridgehead atoms. The predicted molar refractivity (Wildman–Crippen MR) is 118 cm³/mol. The number of amides is 1.